The van der Waals surface area contributed by atoms with Gasteiger partial charge in [-0.1, -0.05) is 12.1 Å². The molecule has 44 heavy (non-hydrogen) atoms. The van der Waals surface area contributed by atoms with Crippen molar-refractivity contribution in [1.29, 1.82) is 10.8 Å². The Kier molecular flexibility index (Phi) is 7.90. The van der Waals surface area contributed by atoms with Gasteiger partial charge in [0.05, 0.1) is 29.8 Å². The summed E-state index contributed by atoms with van der Waals surface area (Å²) in [6, 6.07) is 3.47. The van der Waals surface area contributed by atoms with Gasteiger partial charge in [0, 0.05) is 37.7 Å². The number of hydrogen-bond donors (Lipinski definition) is 9. The number of carbonyl (C=O) groups is 3. The van der Waals surface area contributed by atoms with Crippen LogP contribution >= 0.6 is 0 Å². The highest BCUT2D eigenvalue weighted by Gasteiger charge is 2.58. The zero-order valence-corrected chi connectivity index (χ0v) is 24.7. The van der Waals surface area contributed by atoms with Gasteiger partial charge in [-0.2, -0.15) is 0 Å². The van der Waals surface area contributed by atoms with Crippen LogP contribution in [-0.4, -0.2) is 118 Å². The Labute approximate surface area is 253 Å². The minimum absolute atomic E-state index is 0.00587. The maximum atomic E-state index is 13.9. The number of aromatic hydroxyl groups is 1. The molecule has 1 aromatic carbocycles. The summed E-state index contributed by atoms with van der Waals surface area (Å²) in [5, 5.41) is 65.4. The van der Waals surface area contributed by atoms with Gasteiger partial charge in [-0.3, -0.25) is 40.3 Å². The van der Waals surface area contributed by atoms with Crippen molar-refractivity contribution in [3.05, 3.63) is 52.0 Å². The number of nitrogens with two attached hydrogens (primary N) is 1. The van der Waals surface area contributed by atoms with Crippen LogP contribution in [0.1, 0.15) is 29.3 Å². The van der Waals surface area contributed by atoms with Crippen LogP contribution in [0.2, 0.25) is 0 Å². The fourth-order valence-corrected chi connectivity index (χ4v) is 7.11. The highest BCUT2D eigenvalue weighted by Crippen LogP contribution is 2.55. The van der Waals surface area contributed by atoms with Gasteiger partial charge in [-0.05, 0) is 45.0 Å². The molecule has 3 aliphatic carbocycles. The van der Waals surface area contributed by atoms with Gasteiger partial charge in [-0.15, -0.1) is 0 Å². The molecule has 15 heteroatoms. The van der Waals surface area contributed by atoms with Crippen LogP contribution in [0.15, 0.2) is 40.9 Å². The second-order valence-corrected chi connectivity index (χ2v) is 12.1. The lowest BCUT2D eigenvalue weighted by molar-refractivity contribution is -0.129. The van der Waals surface area contributed by atoms with Crippen LogP contribution in [0.25, 0.3) is 0 Å². The number of piperazine rings is 1. The minimum Gasteiger partial charge on any atom is -0.511 e. The molecule has 0 bridgehead atoms. The number of Topliss-reactive ketones (excluding diaryl/α,β-unsaturated/α-hetero) is 2. The minimum atomic E-state index is -1.68. The Bertz CT molecular complexity index is 1510. The largest absolute Gasteiger partial charge is 0.511 e. The van der Waals surface area contributed by atoms with E-state index in [1.54, 1.807) is 23.9 Å². The number of phenols is 1. The number of aliphatic hydroxyl groups is 3. The van der Waals surface area contributed by atoms with E-state index in [2.05, 4.69) is 10.6 Å². The van der Waals surface area contributed by atoms with Gasteiger partial charge in [0.15, 0.2) is 23.5 Å². The molecule has 1 heterocycles. The summed E-state index contributed by atoms with van der Waals surface area (Å²) in [6.45, 7) is 3.29. The molecular weight excluding hydrogens is 572 g/mol. The van der Waals surface area contributed by atoms with Gasteiger partial charge in [-0.25, -0.2) is 0 Å². The number of phenolic OH excluding ortho intramolecular Hbond substituents is 1. The van der Waals surface area contributed by atoms with Gasteiger partial charge in [0.25, 0.3) is 5.91 Å². The molecule has 0 radical (unpaired) electrons. The number of hydrogen-bond acceptors (Lipinski definition) is 11. The topological polar surface area (TPSA) is 240 Å². The lowest BCUT2D eigenvalue weighted by Gasteiger charge is -2.49. The molecule has 0 spiro atoms. The number of carbonyl (C=O) groups excluding carboxylic acids is 3. The highest BCUT2D eigenvalue weighted by atomic mass is 16.3. The lowest BCUT2D eigenvalue weighted by Crippen LogP contribution is -2.57. The summed E-state index contributed by atoms with van der Waals surface area (Å²) in [6.07, 6.45) is 0.0449. The predicted molar refractivity (Wildman–Crippen MR) is 158 cm³/mol. The third-order valence-electron chi connectivity index (χ3n) is 9.25. The Morgan fingerprint density at radius 1 is 1.11 bits per heavy atom. The summed E-state index contributed by atoms with van der Waals surface area (Å²) >= 11 is 0. The van der Waals surface area contributed by atoms with Crippen molar-refractivity contribution >= 4 is 29.4 Å². The van der Waals surface area contributed by atoms with Crippen LogP contribution in [0.4, 0.5) is 0 Å². The molecule has 1 saturated heterocycles. The summed E-state index contributed by atoms with van der Waals surface area (Å²) < 4.78 is 0. The van der Waals surface area contributed by atoms with Crippen molar-refractivity contribution in [3.8, 4) is 5.75 Å². The van der Waals surface area contributed by atoms with E-state index in [0.29, 0.717) is 26.2 Å². The zero-order chi connectivity index (χ0) is 32.2. The fourth-order valence-electron chi connectivity index (χ4n) is 7.11. The summed E-state index contributed by atoms with van der Waals surface area (Å²) in [5.41, 5.74) is 2.97. The highest BCUT2D eigenvalue weighted by molar-refractivity contribution is 6.22. The lowest BCUT2D eigenvalue weighted by atomic mass is 9.57. The van der Waals surface area contributed by atoms with E-state index in [9.17, 15) is 34.8 Å². The van der Waals surface area contributed by atoms with Gasteiger partial charge in [0.2, 0.25) is 0 Å². The Balaban J connectivity index is 1.41. The molecule has 5 rings (SSSR count). The van der Waals surface area contributed by atoms with Crippen LogP contribution < -0.4 is 16.4 Å². The maximum Gasteiger partial charge on any atom is 0.259 e. The summed E-state index contributed by atoms with van der Waals surface area (Å²) in [4.78, 5) is 46.2. The van der Waals surface area contributed by atoms with E-state index in [4.69, 9.17) is 16.6 Å². The normalized spacial score (nSPS) is 28.8. The van der Waals surface area contributed by atoms with Crippen molar-refractivity contribution in [1.82, 2.24) is 25.3 Å². The maximum absolute atomic E-state index is 13.9. The first kappa shape index (κ1) is 31.0. The average molecular weight is 611 g/mol. The zero-order valence-electron chi connectivity index (χ0n) is 24.7. The molecule has 1 aliphatic heterocycles. The standard InChI is InChI=1S/C29H38N8O7/c1-29(44)14-5-4-6-16(38)18(14)24(41)19-15(29)11-13-17(22(19)39)23(40)20(25(42)21(13)35(2)3)26(43)33-12-36-7-9-37(10-8-36)28(32)34-27(30)31/h4-6,13,15,17,21,38-39,42,44H,7-12H2,1-3H3,(H,33,43)(H5,30,31,32,34). The number of allylic oxidation sites excluding steroid dienone is 1. The number of guanidine groups is 2. The van der Waals surface area contributed by atoms with E-state index in [0.717, 1.165) is 0 Å². The second kappa shape index (κ2) is 11.2. The molecule has 0 aromatic heterocycles. The number of rotatable bonds is 4. The molecular formula is C29H38N8O7. The number of likely N-dealkylation sites (N-methyl/N-ethyl adjacent to an activating group) is 1. The smallest absolute Gasteiger partial charge is 0.259 e. The molecule has 15 nitrogen and oxygen atoms in total. The molecule has 4 aliphatic rings. The monoisotopic (exact) mass is 610 g/mol. The molecule has 10 N–H and O–H groups in total. The number of aliphatic hydroxyl groups excluding tert-OH is 2. The average Bonchev–Trinajstić information content (AvgIpc) is 2.94. The quantitative estimate of drug-likeness (QED) is 0.117. The van der Waals surface area contributed by atoms with Gasteiger partial charge < -0.3 is 36.4 Å². The molecule has 236 valence electrons. The summed E-state index contributed by atoms with van der Waals surface area (Å²) in [7, 11) is 3.32. The SMILES string of the molecule is CN(C)C1C(O)=C(C(=O)NCN2CCN(C(=N)NC(=N)N)CC2)C(=O)C2C(O)=C3C(=O)c4c(O)cccc4C(C)(O)C3CC21. The first-order valence-corrected chi connectivity index (χ1v) is 14.3. The number of ketones is 2. The number of fused-ring (bicyclic) bond motifs is 3. The van der Waals surface area contributed by atoms with Crippen molar-refractivity contribution in [2.75, 3.05) is 46.9 Å². The Morgan fingerprint density at radius 3 is 2.39 bits per heavy atom. The van der Waals surface area contributed by atoms with Crippen LogP contribution in [-0.2, 0) is 15.2 Å². The van der Waals surface area contributed by atoms with E-state index in [-0.39, 0.29) is 47.5 Å². The van der Waals surface area contributed by atoms with Crippen LogP contribution in [0, 0.1) is 28.6 Å². The van der Waals surface area contributed by atoms with E-state index in [1.165, 1.54) is 25.1 Å². The second-order valence-electron chi connectivity index (χ2n) is 12.1. The molecule has 0 saturated carbocycles. The van der Waals surface area contributed by atoms with E-state index >= 15 is 0 Å². The van der Waals surface area contributed by atoms with Crippen molar-refractivity contribution in [3.63, 3.8) is 0 Å². The molecule has 5 unspecified atom stereocenters. The van der Waals surface area contributed by atoms with Crippen molar-refractivity contribution in [2.45, 2.75) is 25.0 Å². The summed E-state index contributed by atoms with van der Waals surface area (Å²) in [5.74, 6) is -7.15. The van der Waals surface area contributed by atoms with E-state index in [1.807, 2.05) is 4.90 Å². The van der Waals surface area contributed by atoms with Crippen LogP contribution in [0.3, 0.4) is 0 Å². The third kappa shape index (κ3) is 4.96. The first-order chi connectivity index (χ1) is 20.7. The predicted octanol–water partition coefficient (Wildman–Crippen LogP) is -0.705. The third-order valence-corrected chi connectivity index (χ3v) is 9.25. The van der Waals surface area contributed by atoms with Crippen molar-refractivity contribution in [2.24, 2.45) is 23.5 Å². The Hall–Kier alpha value is -4.47. The van der Waals surface area contributed by atoms with Crippen LogP contribution in [0.5, 0.6) is 5.75 Å². The number of amides is 1. The number of nitrogens with zero attached hydrogens (tertiary/aromatic N) is 3. The first-order valence-electron chi connectivity index (χ1n) is 14.3. The van der Waals surface area contributed by atoms with Gasteiger partial charge in [0.1, 0.15) is 22.8 Å². The Morgan fingerprint density at radius 2 is 1.77 bits per heavy atom. The number of benzene rings is 1. The van der Waals surface area contributed by atoms with Gasteiger partial charge >= 0.3 is 0 Å². The number of nitrogens with one attached hydrogen (secondary N) is 4. The molecule has 1 aromatic rings. The molecule has 1 fully saturated rings. The van der Waals surface area contributed by atoms with E-state index < -0.39 is 64.0 Å². The fraction of sp³-hybridized carbons (Fsp3) is 0.483. The van der Waals surface area contributed by atoms with Crippen molar-refractivity contribution < 1.29 is 34.8 Å². The molecule has 5 atom stereocenters. The molecule has 1 amide bonds.